The average molecular weight is 435 g/mol. The van der Waals surface area contributed by atoms with E-state index in [0.717, 1.165) is 18.0 Å². The van der Waals surface area contributed by atoms with Crippen LogP contribution < -0.4 is 25.4 Å². The van der Waals surface area contributed by atoms with E-state index in [1.165, 1.54) is 49.0 Å². The number of hydrogen-bond acceptors (Lipinski definition) is 7. The summed E-state index contributed by atoms with van der Waals surface area (Å²) in [7, 11) is 3.09. The van der Waals surface area contributed by atoms with Crippen LogP contribution >= 0.6 is 11.3 Å². The summed E-state index contributed by atoms with van der Waals surface area (Å²) >= 11 is 1.42. The normalized spacial score (nSPS) is 14.7. The van der Waals surface area contributed by atoms with Gasteiger partial charge in [0.05, 0.1) is 24.8 Å². The minimum atomic E-state index is -0.598. The lowest BCUT2D eigenvalue weighted by atomic mass is 10.1. The Morgan fingerprint density at radius 3 is 2.63 bits per heavy atom. The van der Waals surface area contributed by atoms with Gasteiger partial charge in [0, 0.05) is 25.1 Å². The zero-order valence-electron chi connectivity index (χ0n) is 17.5. The van der Waals surface area contributed by atoms with Crippen molar-refractivity contribution in [2.24, 2.45) is 5.73 Å². The van der Waals surface area contributed by atoms with Crippen molar-refractivity contribution >= 4 is 28.2 Å². The molecule has 0 spiro atoms. The molecule has 1 aromatic heterocycles. The van der Waals surface area contributed by atoms with Crippen molar-refractivity contribution in [3.63, 3.8) is 0 Å². The number of anilines is 2. The topological polar surface area (TPSA) is 110 Å². The number of nitrogens with one attached hydrogen (secondary N) is 1. The molecule has 0 aliphatic heterocycles. The monoisotopic (exact) mass is 434 g/mol. The molecule has 1 aliphatic rings. The summed E-state index contributed by atoms with van der Waals surface area (Å²) in [6.45, 7) is 0.288. The average Bonchev–Trinajstić information content (AvgIpc) is 2.92. The molecule has 1 aromatic carbocycles. The predicted octanol–water partition coefficient (Wildman–Crippen LogP) is 4.13. The molecule has 9 heteroatoms. The van der Waals surface area contributed by atoms with Gasteiger partial charge in [-0.05, 0) is 25.0 Å². The first-order valence-corrected chi connectivity index (χ1v) is 11.1. The van der Waals surface area contributed by atoms with Gasteiger partial charge in [-0.2, -0.15) is 4.98 Å². The molecule has 1 saturated carbocycles. The van der Waals surface area contributed by atoms with Gasteiger partial charge < -0.3 is 25.6 Å². The minimum absolute atomic E-state index is 0.00207. The lowest BCUT2D eigenvalue weighted by Gasteiger charge is -2.22. The number of ether oxygens (including phenoxy) is 2. The molecule has 0 atom stereocenters. The van der Waals surface area contributed by atoms with Gasteiger partial charge in [0.2, 0.25) is 5.88 Å². The Balaban J connectivity index is 1.69. The summed E-state index contributed by atoms with van der Waals surface area (Å²) in [5.41, 5.74) is 6.17. The number of benzene rings is 1. The molecule has 164 valence electrons. The molecule has 3 rings (SSSR count). The minimum Gasteiger partial charge on any atom is -0.497 e. The van der Waals surface area contributed by atoms with Crippen LogP contribution in [0, 0.1) is 0 Å². The van der Waals surface area contributed by atoms with E-state index in [9.17, 15) is 9.90 Å². The molecule has 2 amide bonds. The van der Waals surface area contributed by atoms with Crippen LogP contribution in [0.2, 0.25) is 0 Å². The van der Waals surface area contributed by atoms with Crippen molar-refractivity contribution in [1.29, 1.82) is 0 Å². The molecular formula is C21H30N4O4S. The highest BCUT2D eigenvalue weighted by molar-refractivity contribution is 7.15. The van der Waals surface area contributed by atoms with Crippen molar-refractivity contribution in [3.05, 3.63) is 23.1 Å². The zero-order valence-corrected chi connectivity index (χ0v) is 18.3. The fourth-order valence-corrected chi connectivity index (χ4v) is 4.66. The van der Waals surface area contributed by atoms with E-state index < -0.39 is 6.03 Å². The van der Waals surface area contributed by atoms with Gasteiger partial charge in [-0.15, -0.1) is 0 Å². The smallest absolute Gasteiger partial charge is 0.319 e. The Labute approximate surface area is 181 Å². The van der Waals surface area contributed by atoms with Crippen LogP contribution in [0.1, 0.15) is 43.4 Å². The van der Waals surface area contributed by atoms with Gasteiger partial charge in [-0.3, -0.25) is 4.90 Å². The number of urea groups is 1. The van der Waals surface area contributed by atoms with Crippen LogP contribution in [0.5, 0.6) is 17.4 Å². The van der Waals surface area contributed by atoms with E-state index in [1.807, 2.05) is 0 Å². The number of hydrogen-bond donors (Lipinski definition) is 3. The second kappa shape index (κ2) is 10.4. The zero-order chi connectivity index (χ0) is 21.5. The third-order valence-corrected chi connectivity index (χ3v) is 6.40. The number of thiazole rings is 1. The quantitative estimate of drug-likeness (QED) is 0.539. The van der Waals surface area contributed by atoms with Gasteiger partial charge in [0.25, 0.3) is 0 Å². The van der Waals surface area contributed by atoms with E-state index in [-0.39, 0.29) is 12.4 Å². The highest BCUT2D eigenvalue weighted by Crippen LogP contribution is 2.34. The highest BCUT2D eigenvalue weighted by Gasteiger charge is 2.21. The molecule has 1 fully saturated rings. The van der Waals surface area contributed by atoms with Crippen molar-refractivity contribution in [2.75, 3.05) is 31.0 Å². The van der Waals surface area contributed by atoms with Gasteiger partial charge in [-0.25, -0.2) is 4.79 Å². The molecule has 2 aromatic rings. The largest absolute Gasteiger partial charge is 0.497 e. The van der Waals surface area contributed by atoms with E-state index >= 15 is 0 Å². The SMILES string of the molecule is COc1ccc(N(CCc2sc(NC3CCCCCC3)nc2O)C(N)=O)c(OC)c1. The Morgan fingerprint density at radius 2 is 2.00 bits per heavy atom. The first-order valence-electron chi connectivity index (χ1n) is 10.3. The number of nitrogens with zero attached hydrogens (tertiary/aromatic N) is 2. The van der Waals surface area contributed by atoms with Gasteiger partial charge >= 0.3 is 6.03 Å². The van der Waals surface area contributed by atoms with Gasteiger partial charge in [0.1, 0.15) is 11.5 Å². The molecule has 1 heterocycles. The number of primary amides is 1. The molecule has 1 aliphatic carbocycles. The van der Waals surface area contributed by atoms with E-state index in [2.05, 4.69) is 10.3 Å². The number of rotatable bonds is 8. The summed E-state index contributed by atoms with van der Waals surface area (Å²) in [5.74, 6) is 1.11. The van der Waals surface area contributed by atoms with Crippen LogP contribution in [0.15, 0.2) is 18.2 Å². The number of amides is 2. The summed E-state index contributed by atoms with van der Waals surface area (Å²) in [4.78, 5) is 18.5. The number of carbonyl (C=O) groups is 1. The van der Waals surface area contributed by atoms with Crippen molar-refractivity contribution in [2.45, 2.75) is 51.0 Å². The maximum Gasteiger partial charge on any atom is 0.319 e. The third kappa shape index (κ3) is 5.47. The summed E-state index contributed by atoms with van der Waals surface area (Å²) in [6.07, 6.45) is 7.69. The second-order valence-corrected chi connectivity index (χ2v) is 8.46. The number of aromatic nitrogens is 1. The molecule has 0 bridgehead atoms. The van der Waals surface area contributed by atoms with Crippen LogP contribution in [-0.4, -0.2) is 42.9 Å². The number of carbonyl (C=O) groups excluding carboxylic acids is 1. The molecule has 8 nitrogen and oxygen atoms in total. The van der Waals surface area contributed by atoms with Crippen LogP contribution in [0.25, 0.3) is 0 Å². The Morgan fingerprint density at radius 1 is 1.27 bits per heavy atom. The Kier molecular flexibility index (Phi) is 7.62. The van der Waals surface area contributed by atoms with Crippen molar-refractivity contribution < 1.29 is 19.4 Å². The van der Waals surface area contributed by atoms with Gasteiger partial charge in [0.15, 0.2) is 5.13 Å². The molecule has 0 unspecified atom stereocenters. The lowest BCUT2D eigenvalue weighted by Crippen LogP contribution is -2.37. The fraction of sp³-hybridized carbons (Fsp3) is 0.524. The second-order valence-electron chi connectivity index (χ2n) is 7.38. The maximum absolute atomic E-state index is 12.1. The standard InChI is InChI=1S/C21H30N4O4S/c1-28-15-9-10-16(17(13-15)29-2)25(20(22)27)12-11-18-19(26)24-21(30-18)23-14-7-5-3-4-6-8-14/h9-10,13-14,26H,3-8,11-12H2,1-2H3,(H2,22,27)(H,23,24). The van der Waals surface area contributed by atoms with E-state index in [0.29, 0.717) is 34.5 Å². The number of methoxy groups -OCH3 is 2. The Bertz CT molecular complexity index is 850. The summed E-state index contributed by atoms with van der Waals surface area (Å²) < 4.78 is 10.6. The van der Waals surface area contributed by atoms with Crippen molar-refractivity contribution in [3.8, 4) is 17.4 Å². The fourth-order valence-electron chi connectivity index (χ4n) is 3.74. The first kappa shape index (κ1) is 22.0. The molecule has 4 N–H and O–H groups in total. The molecule has 0 radical (unpaired) electrons. The Hall–Kier alpha value is -2.68. The lowest BCUT2D eigenvalue weighted by molar-refractivity contribution is 0.253. The van der Waals surface area contributed by atoms with Crippen LogP contribution in [0.4, 0.5) is 15.6 Å². The highest BCUT2D eigenvalue weighted by atomic mass is 32.1. The van der Waals surface area contributed by atoms with E-state index in [1.54, 1.807) is 25.3 Å². The van der Waals surface area contributed by atoms with Crippen molar-refractivity contribution in [1.82, 2.24) is 4.98 Å². The van der Waals surface area contributed by atoms with Gasteiger partial charge in [-0.1, -0.05) is 37.0 Å². The number of aromatic hydroxyl groups is 1. The molecular weight excluding hydrogens is 404 g/mol. The summed E-state index contributed by atoms with van der Waals surface area (Å²) in [5, 5.41) is 14.5. The van der Waals surface area contributed by atoms with Crippen LogP contribution in [0.3, 0.4) is 0 Å². The van der Waals surface area contributed by atoms with Crippen LogP contribution in [-0.2, 0) is 6.42 Å². The maximum atomic E-state index is 12.1. The molecule has 0 saturated heterocycles. The molecule has 30 heavy (non-hydrogen) atoms. The summed E-state index contributed by atoms with van der Waals surface area (Å²) in [6, 6.07) is 4.97. The number of nitrogens with two attached hydrogens (primary N) is 1. The predicted molar refractivity (Wildman–Crippen MR) is 119 cm³/mol. The first-order chi connectivity index (χ1) is 14.5. The van der Waals surface area contributed by atoms with E-state index in [4.69, 9.17) is 15.2 Å². The third-order valence-electron chi connectivity index (χ3n) is 5.37.